The smallest absolute Gasteiger partial charge is 0.192 e. The van der Waals surface area contributed by atoms with Crippen LogP contribution in [0.3, 0.4) is 0 Å². The molecular formula is C14H25NO3Si. The van der Waals surface area contributed by atoms with E-state index in [4.69, 9.17) is 10.2 Å². The van der Waals surface area contributed by atoms with Gasteiger partial charge in [-0.3, -0.25) is 0 Å². The van der Waals surface area contributed by atoms with Crippen molar-refractivity contribution in [3.05, 3.63) is 23.8 Å². The first-order chi connectivity index (χ1) is 8.56. The third-order valence-electron chi connectivity index (χ3n) is 3.75. The molecule has 1 unspecified atom stereocenters. The Morgan fingerprint density at radius 3 is 2.00 bits per heavy atom. The van der Waals surface area contributed by atoms with Gasteiger partial charge >= 0.3 is 0 Å². The summed E-state index contributed by atoms with van der Waals surface area (Å²) in [7, 11) is -1.95. The zero-order valence-corrected chi connectivity index (χ0v) is 13.4. The van der Waals surface area contributed by atoms with Crippen molar-refractivity contribution in [2.45, 2.75) is 45.0 Å². The van der Waals surface area contributed by atoms with Crippen molar-refractivity contribution in [3.8, 4) is 11.5 Å². The summed E-state index contributed by atoms with van der Waals surface area (Å²) in [5, 5.41) is 19.2. The number of hydrogen-bond donors (Lipinski definition) is 3. The summed E-state index contributed by atoms with van der Waals surface area (Å²) in [6.45, 7) is 11.1. The number of phenolic OH excluding ortho intramolecular Hbond substituents is 2. The molecule has 0 radical (unpaired) electrons. The Balaban J connectivity index is 3.02. The molecule has 4 nitrogen and oxygen atoms in total. The summed E-state index contributed by atoms with van der Waals surface area (Å²) >= 11 is 0. The molecule has 108 valence electrons. The van der Waals surface area contributed by atoms with Crippen molar-refractivity contribution < 1.29 is 14.6 Å². The Morgan fingerprint density at radius 2 is 1.63 bits per heavy atom. The molecule has 1 rings (SSSR count). The molecule has 19 heavy (non-hydrogen) atoms. The average molecular weight is 283 g/mol. The van der Waals surface area contributed by atoms with Gasteiger partial charge in [0.1, 0.15) is 11.5 Å². The second-order valence-electron chi connectivity index (χ2n) is 6.39. The van der Waals surface area contributed by atoms with Gasteiger partial charge in [0.25, 0.3) is 0 Å². The molecule has 0 aliphatic rings. The summed E-state index contributed by atoms with van der Waals surface area (Å²) in [6.07, 6.45) is -0.307. The van der Waals surface area contributed by atoms with Crippen LogP contribution in [0.2, 0.25) is 18.1 Å². The highest BCUT2D eigenvalue weighted by Gasteiger charge is 2.39. The highest BCUT2D eigenvalue weighted by Crippen LogP contribution is 2.40. The molecule has 0 amide bonds. The number of hydrogen-bond acceptors (Lipinski definition) is 4. The maximum absolute atomic E-state index is 9.55. The van der Waals surface area contributed by atoms with Crippen molar-refractivity contribution in [1.29, 1.82) is 0 Å². The lowest BCUT2D eigenvalue weighted by Crippen LogP contribution is -2.43. The molecule has 0 spiro atoms. The van der Waals surface area contributed by atoms with Gasteiger partial charge in [-0.05, 0) is 35.8 Å². The van der Waals surface area contributed by atoms with E-state index in [0.717, 1.165) is 0 Å². The topological polar surface area (TPSA) is 75.7 Å². The zero-order chi connectivity index (χ0) is 14.8. The molecule has 1 aromatic rings. The SMILES string of the molecule is CC(C)(C)[Si](C)(C)OC(CN)c1cc(O)cc(O)c1. The maximum Gasteiger partial charge on any atom is 0.192 e. The van der Waals surface area contributed by atoms with Crippen molar-refractivity contribution in [2.75, 3.05) is 6.54 Å². The van der Waals surface area contributed by atoms with Crippen LogP contribution >= 0.6 is 0 Å². The minimum Gasteiger partial charge on any atom is -0.508 e. The second kappa shape index (κ2) is 5.52. The van der Waals surface area contributed by atoms with Crippen LogP contribution in [0, 0.1) is 0 Å². The van der Waals surface area contributed by atoms with Crippen LogP contribution in [0.4, 0.5) is 0 Å². The third kappa shape index (κ3) is 3.96. The molecule has 0 aliphatic heterocycles. The van der Waals surface area contributed by atoms with E-state index in [9.17, 15) is 10.2 Å². The van der Waals surface area contributed by atoms with Gasteiger partial charge in [-0.25, -0.2) is 0 Å². The number of aromatic hydroxyl groups is 2. The second-order valence-corrected chi connectivity index (χ2v) is 11.1. The van der Waals surface area contributed by atoms with Gasteiger partial charge in [-0.1, -0.05) is 20.8 Å². The maximum atomic E-state index is 9.55. The fourth-order valence-corrected chi connectivity index (χ4v) is 2.89. The predicted molar refractivity (Wildman–Crippen MR) is 79.8 cm³/mol. The van der Waals surface area contributed by atoms with Gasteiger partial charge in [0.2, 0.25) is 0 Å². The monoisotopic (exact) mass is 283 g/mol. The highest BCUT2D eigenvalue weighted by molar-refractivity contribution is 6.74. The molecule has 0 saturated carbocycles. The van der Waals surface area contributed by atoms with Crippen LogP contribution in [-0.4, -0.2) is 25.1 Å². The first-order valence-corrected chi connectivity index (χ1v) is 9.38. The molecular weight excluding hydrogens is 258 g/mol. The lowest BCUT2D eigenvalue weighted by molar-refractivity contribution is 0.190. The Hall–Kier alpha value is -1.04. The minimum absolute atomic E-state index is 0.0206. The quantitative estimate of drug-likeness (QED) is 0.742. The number of nitrogens with two attached hydrogens (primary N) is 1. The standard InChI is InChI=1S/C14H25NO3Si/c1-14(2,3)19(4,5)18-13(9-15)10-6-11(16)8-12(17)7-10/h6-8,13,16-17H,9,15H2,1-5H3. The van der Waals surface area contributed by atoms with Gasteiger partial charge in [-0.15, -0.1) is 0 Å². The number of phenols is 2. The lowest BCUT2D eigenvalue weighted by Gasteiger charge is -2.39. The molecule has 0 saturated heterocycles. The van der Waals surface area contributed by atoms with Crippen molar-refractivity contribution in [3.63, 3.8) is 0 Å². The van der Waals surface area contributed by atoms with Gasteiger partial charge in [0.05, 0.1) is 6.10 Å². The first-order valence-electron chi connectivity index (χ1n) is 6.47. The lowest BCUT2D eigenvalue weighted by atomic mass is 10.1. The molecule has 5 heteroatoms. The summed E-state index contributed by atoms with van der Waals surface area (Å²) in [6, 6.07) is 4.47. The van der Waals surface area contributed by atoms with E-state index in [1.165, 1.54) is 6.07 Å². The van der Waals surface area contributed by atoms with Crippen LogP contribution in [-0.2, 0) is 4.43 Å². The third-order valence-corrected chi connectivity index (χ3v) is 8.24. The van der Waals surface area contributed by atoms with Crippen LogP contribution in [0.25, 0.3) is 0 Å². The molecule has 0 aromatic heterocycles. The number of rotatable bonds is 4. The van der Waals surface area contributed by atoms with E-state index in [0.29, 0.717) is 12.1 Å². The van der Waals surface area contributed by atoms with E-state index in [1.807, 2.05) is 0 Å². The molecule has 0 fully saturated rings. The van der Waals surface area contributed by atoms with Crippen LogP contribution in [0.15, 0.2) is 18.2 Å². The Kier molecular flexibility index (Phi) is 4.66. The van der Waals surface area contributed by atoms with E-state index < -0.39 is 8.32 Å². The largest absolute Gasteiger partial charge is 0.508 e. The molecule has 4 N–H and O–H groups in total. The van der Waals surface area contributed by atoms with Crippen molar-refractivity contribution in [2.24, 2.45) is 5.73 Å². The Morgan fingerprint density at radius 1 is 1.16 bits per heavy atom. The van der Waals surface area contributed by atoms with Crippen LogP contribution < -0.4 is 5.73 Å². The fraction of sp³-hybridized carbons (Fsp3) is 0.571. The Bertz CT molecular complexity index is 421. The molecule has 0 bridgehead atoms. The van der Waals surface area contributed by atoms with E-state index >= 15 is 0 Å². The Labute approximate surface area is 116 Å². The average Bonchev–Trinajstić information content (AvgIpc) is 2.22. The highest BCUT2D eigenvalue weighted by atomic mass is 28.4. The van der Waals surface area contributed by atoms with E-state index in [2.05, 4.69) is 33.9 Å². The van der Waals surface area contributed by atoms with Crippen LogP contribution in [0.5, 0.6) is 11.5 Å². The summed E-state index contributed by atoms with van der Waals surface area (Å²) < 4.78 is 6.24. The zero-order valence-electron chi connectivity index (χ0n) is 12.4. The summed E-state index contributed by atoms with van der Waals surface area (Å²) in [5.41, 5.74) is 6.50. The normalized spacial score (nSPS) is 14.4. The molecule has 0 aliphatic carbocycles. The fourth-order valence-electron chi connectivity index (χ4n) is 1.59. The van der Waals surface area contributed by atoms with Crippen molar-refractivity contribution in [1.82, 2.24) is 0 Å². The predicted octanol–water partition coefficient (Wildman–Crippen LogP) is 3.12. The van der Waals surface area contributed by atoms with Gasteiger partial charge in [0, 0.05) is 12.6 Å². The first kappa shape index (κ1) is 16.0. The van der Waals surface area contributed by atoms with E-state index in [-0.39, 0.29) is 22.6 Å². The number of benzene rings is 1. The molecule has 1 aromatic carbocycles. The van der Waals surface area contributed by atoms with Crippen molar-refractivity contribution >= 4 is 8.32 Å². The van der Waals surface area contributed by atoms with Crippen LogP contribution in [0.1, 0.15) is 32.4 Å². The van der Waals surface area contributed by atoms with Gasteiger partial charge in [-0.2, -0.15) is 0 Å². The van der Waals surface area contributed by atoms with Gasteiger partial charge in [0.15, 0.2) is 8.32 Å². The minimum atomic E-state index is -1.95. The molecule has 0 heterocycles. The van der Waals surface area contributed by atoms with Gasteiger partial charge < -0.3 is 20.4 Å². The molecule has 1 atom stereocenters. The van der Waals surface area contributed by atoms with E-state index in [1.54, 1.807) is 12.1 Å². The summed E-state index contributed by atoms with van der Waals surface area (Å²) in [4.78, 5) is 0. The summed E-state index contributed by atoms with van der Waals surface area (Å²) in [5.74, 6) is 0.0413.